The summed E-state index contributed by atoms with van der Waals surface area (Å²) in [5, 5.41) is 4.62. The molecule has 2 atom stereocenters. The van der Waals surface area contributed by atoms with Crippen molar-refractivity contribution in [3.05, 3.63) is 28.8 Å². The topological polar surface area (TPSA) is 15.3 Å². The molecule has 0 bridgehead atoms. The number of nitrogens with zero attached hydrogens (tertiary/aromatic N) is 1. The van der Waals surface area contributed by atoms with E-state index in [9.17, 15) is 0 Å². The summed E-state index contributed by atoms with van der Waals surface area (Å²) in [5.41, 5.74) is 2.51. The van der Waals surface area contributed by atoms with E-state index in [1.54, 1.807) is 0 Å². The van der Waals surface area contributed by atoms with E-state index in [2.05, 4.69) is 36.2 Å². The average molecular weight is 279 g/mol. The van der Waals surface area contributed by atoms with Gasteiger partial charge in [0.15, 0.2) is 0 Å². The van der Waals surface area contributed by atoms with Crippen LogP contribution in [0.5, 0.6) is 0 Å². The average Bonchev–Trinajstić information content (AvgIpc) is 3.25. The normalized spacial score (nSPS) is 27.6. The van der Waals surface area contributed by atoms with Crippen molar-refractivity contribution in [2.24, 2.45) is 5.92 Å². The highest BCUT2D eigenvalue weighted by Crippen LogP contribution is 2.37. The van der Waals surface area contributed by atoms with Crippen LogP contribution >= 0.6 is 11.6 Å². The minimum atomic E-state index is 0.564. The summed E-state index contributed by atoms with van der Waals surface area (Å²) in [5.74, 6) is 0.892. The summed E-state index contributed by atoms with van der Waals surface area (Å²) in [6, 6.07) is 7.58. The summed E-state index contributed by atoms with van der Waals surface area (Å²) < 4.78 is 0. The lowest BCUT2D eigenvalue weighted by molar-refractivity contribution is 0.360. The van der Waals surface area contributed by atoms with Crippen LogP contribution < -0.4 is 10.2 Å². The van der Waals surface area contributed by atoms with Gasteiger partial charge in [0.05, 0.1) is 10.7 Å². The third-order valence-electron chi connectivity index (χ3n) is 4.52. The molecule has 0 radical (unpaired) electrons. The van der Waals surface area contributed by atoms with Gasteiger partial charge in [-0.15, -0.1) is 0 Å². The number of halogens is 1. The lowest BCUT2D eigenvalue weighted by atomic mass is 10.0. The van der Waals surface area contributed by atoms with Crippen LogP contribution in [-0.4, -0.2) is 25.2 Å². The van der Waals surface area contributed by atoms with Gasteiger partial charge < -0.3 is 10.2 Å². The van der Waals surface area contributed by atoms with Crippen LogP contribution in [0.2, 0.25) is 5.02 Å². The van der Waals surface area contributed by atoms with Crippen molar-refractivity contribution in [2.45, 2.75) is 45.2 Å². The molecule has 2 aliphatic rings. The molecule has 2 nitrogen and oxygen atoms in total. The summed E-state index contributed by atoms with van der Waals surface area (Å²) in [7, 11) is 0. The molecule has 1 N–H and O–H groups in total. The minimum Gasteiger partial charge on any atom is -0.364 e. The van der Waals surface area contributed by atoms with Crippen LogP contribution in [0.25, 0.3) is 0 Å². The number of nitrogens with one attached hydrogen (secondary N) is 1. The zero-order valence-electron chi connectivity index (χ0n) is 11.8. The molecule has 0 amide bonds. The summed E-state index contributed by atoms with van der Waals surface area (Å²) in [6.45, 7) is 6.59. The van der Waals surface area contributed by atoms with Gasteiger partial charge in [0.1, 0.15) is 0 Å². The fourth-order valence-corrected chi connectivity index (χ4v) is 3.37. The van der Waals surface area contributed by atoms with Gasteiger partial charge in [0.25, 0.3) is 0 Å². The van der Waals surface area contributed by atoms with Gasteiger partial charge in [-0.05, 0) is 49.8 Å². The molecule has 19 heavy (non-hydrogen) atoms. The highest BCUT2D eigenvalue weighted by atomic mass is 35.5. The molecule has 1 aliphatic carbocycles. The highest BCUT2D eigenvalue weighted by Gasteiger charge is 2.37. The van der Waals surface area contributed by atoms with E-state index in [0.29, 0.717) is 12.1 Å². The second-order valence-electron chi connectivity index (χ2n) is 6.02. The smallest absolute Gasteiger partial charge is 0.0639 e. The molecular formula is C16H23ClN2. The molecule has 104 valence electrons. The second-order valence-corrected chi connectivity index (χ2v) is 6.43. The molecule has 1 aromatic rings. The van der Waals surface area contributed by atoms with E-state index >= 15 is 0 Å². The lowest BCUT2D eigenvalue weighted by Crippen LogP contribution is -2.57. The fraction of sp³-hybridized carbons (Fsp3) is 0.625. The van der Waals surface area contributed by atoms with E-state index in [-0.39, 0.29) is 0 Å². The number of aryl methyl sites for hydroxylation is 1. The third-order valence-corrected chi connectivity index (χ3v) is 4.84. The quantitative estimate of drug-likeness (QED) is 0.909. The van der Waals surface area contributed by atoms with Gasteiger partial charge in [0, 0.05) is 25.2 Å². The summed E-state index contributed by atoms with van der Waals surface area (Å²) in [4.78, 5) is 2.54. The minimum absolute atomic E-state index is 0.564. The van der Waals surface area contributed by atoms with Crippen molar-refractivity contribution >= 4 is 17.3 Å². The second kappa shape index (κ2) is 5.34. The number of hydrogen-bond donors (Lipinski definition) is 1. The Balaban J connectivity index is 1.87. The first-order chi connectivity index (χ1) is 9.19. The van der Waals surface area contributed by atoms with Crippen LogP contribution in [0.1, 0.15) is 31.7 Å². The molecule has 1 aliphatic heterocycles. The molecular weight excluding hydrogens is 256 g/mol. The first kappa shape index (κ1) is 13.3. The Hall–Kier alpha value is -0.730. The Morgan fingerprint density at radius 1 is 1.37 bits per heavy atom. The highest BCUT2D eigenvalue weighted by molar-refractivity contribution is 6.33. The van der Waals surface area contributed by atoms with Crippen molar-refractivity contribution in [2.75, 3.05) is 18.0 Å². The summed E-state index contributed by atoms with van der Waals surface area (Å²) >= 11 is 6.43. The third kappa shape index (κ3) is 2.75. The summed E-state index contributed by atoms with van der Waals surface area (Å²) in [6.07, 6.45) is 3.95. The molecule has 1 heterocycles. The molecule has 2 unspecified atom stereocenters. The lowest BCUT2D eigenvalue weighted by Gasteiger charge is -2.42. The molecule has 1 saturated heterocycles. The predicted molar refractivity (Wildman–Crippen MR) is 82.1 cm³/mol. The Bertz CT molecular complexity index is 456. The fourth-order valence-electron chi connectivity index (χ4n) is 3.14. The number of rotatable bonds is 3. The SMILES string of the molecule is CCC1CNC(C2CC2)CN1c1cc(C)ccc1Cl. The van der Waals surface area contributed by atoms with Gasteiger partial charge in [-0.2, -0.15) is 0 Å². The van der Waals surface area contributed by atoms with Crippen molar-refractivity contribution < 1.29 is 0 Å². The van der Waals surface area contributed by atoms with Gasteiger partial charge in [-0.25, -0.2) is 0 Å². The molecule has 3 heteroatoms. The van der Waals surface area contributed by atoms with E-state index in [1.807, 2.05) is 6.07 Å². The largest absolute Gasteiger partial charge is 0.364 e. The first-order valence-electron chi connectivity index (χ1n) is 7.45. The van der Waals surface area contributed by atoms with Crippen LogP contribution in [0.3, 0.4) is 0 Å². The van der Waals surface area contributed by atoms with Gasteiger partial charge in [0.2, 0.25) is 0 Å². The van der Waals surface area contributed by atoms with Crippen LogP contribution in [0.4, 0.5) is 5.69 Å². The van der Waals surface area contributed by atoms with Crippen molar-refractivity contribution in [1.29, 1.82) is 0 Å². The van der Waals surface area contributed by atoms with Gasteiger partial charge >= 0.3 is 0 Å². The maximum absolute atomic E-state index is 6.43. The van der Waals surface area contributed by atoms with Crippen LogP contribution in [0.15, 0.2) is 18.2 Å². The predicted octanol–water partition coefficient (Wildman–Crippen LogP) is 3.62. The standard InChI is InChI=1S/C16H23ClN2/c1-3-13-9-18-15(12-5-6-12)10-19(13)16-8-11(2)4-7-14(16)17/h4,7-8,12-13,15,18H,3,5-6,9-10H2,1-2H3. The van der Waals surface area contributed by atoms with E-state index in [0.717, 1.165) is 30.5 Å². The molecule has 2 fully saturated rings. The van der Waals surface area contributed by atoms with Crippen molar-refractivity contribution in [3.8, 4) is 0 Å². The molecule has 1 aromatic carbocycles. The van der Waals surface area contributed by atoms with Crippen LogP contribution in [-0.2, 0) is 0 Å². The Morgan fingerprint density at radius 3 is 2.84 bits per heavy atom. The first-order valence-corrected chi connectivity index (χ1v) is 7.83. The Labute approximate surface area is 121 Å². The molecule has 3 rings (SSSR count). The number of hydrogen-bond acceptors (Lipinski definition) is 2. The Kier molecular flexibility index (Phi) is 3.72. The van der Waals surface area contributed by atoms with E-state index < -0.39 is 0 Å². The van der Waals surface area contributed by atoms with Crippen molar-refractivity contribution in [1.82, 2.24) is 5.32 Å². The van der Waals surface area contributed by atoms with E-state index in [4.69, 9.17) is 11.6 Å². The maximum Gasteiger partial charge on any atom is 0.0639 e. The van der Waals surface area contributed by atoms with E-state index in [1.165, 1.54) is 24.1 Å². The van der Waals surface area contributed by atoms with Gasteiger partial charge in [-0.1, -0.05) is 24.6 Å². The molecule has 1 saturated carbocycles. The molecule has 0 spiro atoms. The zero-order valence-corrected chi connectivity index (χ0v) is 12.6. The number of piperazine rings is 1. The van der Waals surface area contributed by atoms with Crippen molar-refractivity contribution in [3.63, 3.8) is 0 Å². The number of anilines is 1. The number of benzene rings is 1. The zero-order chi connectivity index (χ0) is 13.4. The van der Waals surface area contributed by atoms with Gasteiger partial charge in [-0.3, -0.25) is 0 Å². The van der Waals surface area contributed by atoms with Crippen LogP contribution in [0, 0.1) is 12.8 Å². The maximum atomic E-state index is 6.43. The Morgan fingerprint density at radius 2 is 2.16 bits per heavy atom. The monoisotopic (exact) mass is 278 g/mol. The molecule has 0 aromatic heterocycles.